The zero-order valence-electron chi connectivity index (χ0n) is 10.3. The third kappa shape index (κ3) is 2.40. The number of pyridine rings is 1. The molecule has 0 unspecified atom stereocenters. The molecule has 0 saturated heterocycles. The number of nitrogens with zero attached hydrogens (tertiary/aromatic N) is 1. The lowest BCUT2D eigenvalue weighted by atomic mass is 10.1. The minimum atomic E-state index is -0.0679. The van der Waals surface area contributed by atoms with Crippen molar-refractivity contribution in [2.24, 2.45) is 0 Å². The van der Waals surface area contributed by atoms with Gasteiger partial charge in [0.2, 0.25) is 0 Å². The topological polar surface area (TPSA) is 42.0 Å². The molecule has 0 saturated carbocycles. The summed E-state index contributed by atoms with van der Waals surface area (Å²) in [7, 11) is 0. The van der Waals surface area contributed by atoms with Gasteiger partial charge < -0.3 is 5.32 Å². The quantitative estimate of drug-likeness (QED) is 0.924. The van der Waals surface area contributed by atoms with Crippen molar-refractivity contribution in [2.75, 3.05) is 0 Å². The third-order valence-corrected chi connectivity index (χ3v) is 4.11. The van der Waals surface area contributed by atoms with Crippen molar-refractivity contribution in [1.82, 2.24) is 10.3 Å². The van der Waals surface area contributed by atoms with Gasteiger partial charge in [0.15, 0.2) is 0 Å². The first-order valence-electron chi connectivity index (χ1n) is 6.24. The van der Waals surface area contributed by atoms with E-state index in [1.54, 1.807) is 24.5 Å². The van der Waals surface area contributed by atoms with Crippen LogP contribution in [0.4, 0.5) is 0 Å². The van der Waals surface area contributed by atoms with E-state index in [0.717, 1.165) is 17.3 Å². The molecule has 1 aromatic carbocycles. The van der Waals surface area contributed by atoms with Crippen molar-refractivity contribution < 1.29 is 4.79 Å². The van der Waals surface area contributed by atoms with Crippen molar-refractivity contribution in [1.29, 1.82) is 0 Å². The highest BCUT2D eigenvalue weighted by Gasteiger charge is 2.26. The van der Waals surface area contributed by atoms with Gasteiger partial charge in [0.1, 0.15) is 0 Å². The van der Waals surface area contributed by atoms with E-state index < -0.39 is 0 Å². The Kier molecular flexibility index (Phi) is 3.34. The molecule has 3 rings (SSSR count). The summed E-state index contributed by atoms with van der Waals surface area (Å²) in [4.78, 5) is 16.1. The monoisotopic (exact) mass is 316 g/mol. The van der Waals surface area contributed by atoms with E-state index >= 15 is 0 Å². The van der Waals surface area contributed by atoms with Crippen molar-refractivity contribution in [3.63, 3.8) is 0 Å². The lowest BCUT2D eigenvalue weighted by molar-refractivity contribution is 0.0936. The first-order chi connectivity index (χ1) is 9.25. The van der Waals surface area contributed by atoms with Gasteiger partial charge in [-0.1, -0.05) is 28.1 Å². The van der Waals surface area contributed by atoms with Crippen molar-refractivity contribution in [3.05, 3.63) is 63.9 Å². The van der Waals surface area contributed by atoms with Gasteiger partial charge in [-0.3, -0.25) is 9.78 Å². The molecule has 0 bridgehead atoms. The highest BCUT2D eigenvalue weighted by Crippen LogP contribution is 2.36. The van der Waals surface area contributed by atoms with Gasteiger partial charge in [0.05, 0.1) is 11.6 Å². The zero-order chi connectivity index (χ0) is 13.2. The van der Waals surface area contributed by atoms with E-state index in [-0.39, 0.29) is 11.9 Å². The van der Waals surface area contributed by atoms with E-state index in [0.29, 0.717) is 5.56 Å². The summed E-state index contributed by atoms with van der Waals surface area (Å²) in [6.45, 7) is 0. The number of aromatic nitrogens is 1. The summed E-state index contributed by atoms with van der Waals surface area (Å²) in [6.07, 6.45) is 5.21. The fourth-order valence-corrected chi connectivity index (χ4v) is 3.20. The number of aryl methyl sites for hydroxylation is 1. The maximum Gasteiger partial charge on any atom is 0.253 e. The Bertz CT molecular complexity index is 613. The highest BCUT2D eigenvalue weighted by molar-refractivity contribution is 9.10. The summed E-state index contributed by atoms with van der Waals surface area (Å²) in [6, 6.07) is 9.81. The van der Waals surface area contributed by atoms with E-state index in [4.69, 9.17) is 0 Å². The van der Waals surface area contributed by atoms with Crippen LogP contribution in [0.5, 0.6) is 0 Å². The van der Waals surface area contributed by atoms with E-state index in [1.165, 1.54) is 11.1 Å². The Morgan fingerprint density at radius 1 is 1.32 bits per heavy atom. The van der Waals surface area contributed by atoms with Crippen LogP contribution in [0.2, 0.25) is 0 Å². The summed E-state index contributed by atoms with van der Waals surface area (Å²) in [5, 5.41) is 3.08. The van der Waals surface area contributed by atoms with Crippen LogP contribution in [-0.4, -0.2) is 10.9 Å². The maximum absolute atomic E-state index is 12.2. The number of nitrogens with one attached hydrogen (secondary N) is 1. The average molecular weight is 317 g/mol. The minimum Gasteiger partial charge on any atom is -0.345 e. The number of hydrogen-bond donors (Lipinski definition) is 1. The Hall–Kier alpha value is -1.68. The van der Waals surface area contributed by atoms with Gasteiger partial charge in [-0.15, -0.1) is 0 Å². The summed E-state index contributed by atoms with van der Waals surface area (Å²) < 4.78 is 1.07. The normalized spacial score (nSPS) is 17.0. The molecular weight excluding hydrogens is 304 g/mol. The van der Waals surface area contributed by atoms with Gasteiger partial charge >= 0.3 is 0 Å². The molecule has 1 heterocycles. The molecular formula is C15H13BrN2O. The van der Waals surface area contributed by atoms with Crippen LogP contribution < -0.4 is 5.32 Å². The molecule has 1 aliphatic rings. The van der Waals surface area contributed by atoms with Crippen LogP contribution in [0, 0.1) is 0 Å². The SMILES string of the molecule is O=C(N[C@@H]1CCc2cccc(Br)c21)c1cccnc1. The number of halogens is 1. The molecule has 1 aromatic heterocycles. The number of rotatable bonds is 2. The first-order valence-corrected chi connectivity index (χ1v) is 7.03. The second kappa shape index (κ2) is 5.13. The van der Waals surface area contributed by atoms with Gasteiger partial charge in [-0.25, -0.2) is 0 Å². The van der Waals surface area contributed by atoms with Crippen LogP contribution in [-0.2, 0) is 6.42 Å². The summed E-state index contributed by atoms with van der Waals surface area (Å²) in [5.41, 5.74) is 3.12. The third-order valence-electron chi connectivity index (χ3n) is 3.42. The molecule has 0 spiro atoms. The van der Waals surface area contributed by atoms with Crippen LogP contribution in [0.1, 0.15) is 33.9 Å². The predicted octanol–water partition coefficient (Wildman–Crippen LogP) is 3.26. The Labute approximate surface area is 120 Å². The fourth-order valence-electron chi connectivity index (χ4n) is 2.52. The van der Waals surface area contributed by atoms with Gasteiger partial charge in [-0.05, 0) is 42.2 Å². The molecule has 0 fully saturated rings. The van der Waals surface area contributed by atoms with Gasteiger partial charge in [0, 0.05) is 16.9 Å². The molecule has 3 nitrogen and oxygen atoms in total. The molecule has 1 atom stereocenters. The molecule has 1 aliphatic carbocycles. The van der Waals surface area contributed by atoms with E-state index in [2.05, 4.69) is 32.3 Å². The molecule has 19 heavy (non-hydrogen) atoms. The van der Waals surface area contributed by atoms with Crippen LogP contribution in [0.25, 0.3) is 0 Å². The Morgan fingerprint density at radius 3 is 3.00 bits per heavy atom. The van der Waals surface area contributed by atoms with Crippen LogP contribution in [0.15, 0.2) is 47.2 Å². The predicted molar refractivity (Wildman–Crippen MR) is 76.9 cm³/mol. The number of carbonyl (C=O) groups excluding carboxylic acids is 1. The van der Waals surface area contributed by atoms with Crippen molar-refractivity contribution >= 4 is 21.8 Å². The smallest absolute Gasteiger partial charge is 0.253 e. The molecule has 0 radical (unpaired) electrons. The fraction of sp³-hybridized carbons (Fsp3) is 0.200. The lowest BCUT2D eigenvalue weighted by Crippen LogP contribution is -2.27. The number of amides is 1. The second-order valence-corrected chi connectivity index (χ2v) is 5.47. The molecule has 1 N–H and O–H groups in total. The number of carbonyl (C=O) groups is 1. The van der Waals surface area contributed by atoms with Gasteiger partial charge in [0.25, 0.3) is 5.91 Å². The largest absolute Gasteiger partial charge is 0.345 e. The lowest BCUT2D eigenvalue weighted by Gasteiger charge is -2.15. The molecule has 4 heteroatoms. The maximum atomic E-state index is 12.2. The van der Waals surface area contributed by atoms with Crippen molar-refractivity contribution in [2.45, 2.75) is 18.9 Å². The minimum absolute atomic E-state index is 0.0679. The number of fused-ring (bicyclic) bond motifs is 1. The van der Waals surface area contributed by atoms with Crippen molar-refractivity contribution in [3.8, 4) is 0 Å². The highest BCUT2D eigenvalue weighted by atomic mass is 79.9. The summed E-state index contributed by atoms with van der Waals surface area (Å²) in [5.74, 6) is -0.0679. The van der Waals surface area contributed by atoms with Crippen LogP contribution >= 0.6 is 15.9 Å². The molecule has 2 aromatic rings. The zero-order valence-corrected chi connectivity index (χ0v) is 11.9. The average Bonchev–Trinajstić information content (AvgIpc) is 2.84. The molecule has 96 valence electrons. The van der Waals surface area contributed by atoms with E-state index in [9.17, 15) is 4.79 Å². The first kappa shape index (κ1) is 12.4. The second-order valence-electron chi connectivity index (χ2n) is 4.62. The molecule has 1 amide bonds. The van der Waals surface area contributed by atoms with Crippen LogP contribution in [0.3, 0.4) is 0 Å². The molecule has 0 aliphatic heterocycles. The Morgan fingerprint density at radius 2 is 2.21 bits per heavy atom. The van der Waals surface area contributed by atoms with E-state index in [1.807, 2.05) is 12.1 Å². The van der Waals surface area contributed by atoms with Gasteiger partial charge in [-0.2, -0.15) is 0 Å². The standard InChI is InChI=1S/C15H13BrN2O/c16-12-5-1-3-10-6-7-13(14(10)12)18-15(19)11-4-2-8-17-9-11/h1-5,8-9,13H,6-7H2,(H,18,19)/t13-/m1/s1. The Balaban J connectivity index is 1.82. The number of hydrogen-bond acceptors (Lipinski definition) is 2. The summed E-state index contributed by atoms with van der Waals surface area (Å²) >= 11 is 3.57. The number of benzene rings is 1.